The zero-order valence-electron chi connectivity index (χ0n) is 30.0. The van der Waals surface area contributed by atoms with Crippen molar-refractivity contribution in [2.45, 2.75) is 14.9 Å². The van der Waals surface area contributed by atoms with Crippen LogP contribution >= 0.6 is 24.0 Å². The molecule has 7 heteroatoms. The monoisotopic (exact) mass is 874 g/mol. The number of furan rings is 2. The highest BCUT2D eigenvalue weighted by atomic mass is 127. The Hall–Kier alpha value is -7.33. The van der Waals surface area contributed by atoms with Gasteiger partial charge in [0.1, 0.15) is 22.3 Å². The molecule has 0 amide bonds. The van der Waals surface area contributed by atoms with Crippen molar-refractivity contribution in [3.05, 3.63) is 169 Å². The van der Waals surface area contributed by atoms with E-state index in [0.717, 1.165) is 110 Å². The summed E-state index contributed by atoms with van der Waals surface area (Å²) in [6.07, 6.45) is 0. The molecule has 0 saturated heterocycles. The molecule has 12 aromatic rings. The Kier molecular flexibility index (Phi) is 8.81. The standard InChI is InChI=1S/C50H26N4O2.2CH4.HI/c51-27-29-21-31(25-33(23-29)53-41-13-5-1-11-39(41)47-43(53)19-17-37-35-9-3-7-15-45(35)55-49(37)47)32-22-30(28-52)24-34(26-32)54-42-14-6-2-12-40(42)48-44(54)20-18-38-36-10-4-8-16-46(36)56-50(38)48;;;/h1-26H;2*1H4;1H. The first kappa shape index (κ1) is 37.3. The first-order valence-electron chi connectivity index (χ1n) is 18.5. The molecule has 0 aliphatic carbocycles. The van der Waals surface area contributed by atoms with Gasteiger partial charge in [-0.15, -0.1) is 24.0 Å². The minimum Gasteiger partial charge on any atom is -0.455 e. The van der Waals surface area contributed by atoms with Gasteiger partial charge in [-0.2, -0.15) is 10.5 Å². The summed E-state index contributed by atoms with van der Waals surface area (Å²) in [4.78, 5) is 0. The molecule has 282 valence electrons. The van der Waals surface area contributed by atoms with Crippen molar-refractivity contribution in [2.75, 3.05) is 0 Å². The van der Waals surface area contributed by atoms with Crippen LogP contribution in [-0.2, 0) is 0 Å². The van der Waals surface area contributed by atoms with Gasteiger partial charge in [-0.05, 0) is 96.1 Å². The minimum atomic E-state index is 0. The van der Waals surface area contributed by atoms with E-state index in [1.807, 2.05) is 84.9 Å². The number of rotatable bonds is 3. The smallest absolute Gasteiger partial charge is 0.145 e. The van der Waals surface area contributed by atoms with Crippen molar-refractivity contribution in [3.8, 4) is 34.6 Å². The summed E-state index contributed by atoms with van der Waals surface area (Å²) in [5.41, 5.74) is 11.7. The quantitative estimate of drug-likeness (QED) is 0.166. The fourth-order valence-corrected chi connectivity index (χ4v) is 8.97. The summed E-state index contributed by atoms with van der Waals surface area (Å²) in [7, 11) is 0. The number of hydrogen-bond acceptors (Lipinski definition) is 4. The molecule has 0 bridgehead atoms. The maximum Gasteiger partial charge on any atom is 0.145 e. The van der Waals surface area contributed by atoms with Crippen LogP contribution in [0.4, 0.5) is 0 Å². The number of nitriles is 2. The molecule has 0 N–H and O–H groups in total. The number of halogens is 1. The molecule has 0 radical (unpaired) electrons. The molecule has 4 heterocycles. The molecule has 0 spiro atoms. The molecule has 0 aliphatic rings. The summed E-state index contributed by atoms with van der Waals surface area (Å²) < 4.78 is 17.5. The fraction of sp³-hybridized carbons (Fsp3) is 0.0385. The number of hydrogen-bond donors (Lipinski definition) is 0. The van der Waals surface area contributed by atoms with E-state index in [0.29, 0.717) is 11.1 Å². The maximum absolute atomic E-state index is 10.4. The molecule has 0 fully saturated rings. The second-order valence-corrected chi connectivity index (χ2v) is 14.3. The van der Waals surface area contributed by atoms with Crippen LogP contribution in [0.5, 0.6) is 0 Å². The van der Waals surface area contributed by atoms with Gasteiger partial charge in [0.05, 0.1) is 56.1 Å². The van der Waals surface area contributed by atoms with Crippen molar-refractivity contribution in [1.82, 2.24) is 9.13 Å². The Morgan fingerprint density at radius 3 is 1.20 bits per heavy atom. The molecular formula is C52H35IN4O2. The number of fused-ring (bicyclic) bond motifs is 14. The lowest BCUT2D eigenvalue weighted by Gasteiger charge is -2.14. The predicted molar refractivity (Wildman–Crippen MR) is 253 cm³/mol. The van der Waals surface area contributed by atoms with Crippen LogP contribution in [0.15, 0.2) is 167 Å². The third-order valence-electron chi connectivity index (χ3n) is 11.3. The molecule has 0 atom stereocenters. The number of benzene rings is 8. The molecular weight excluding hydrogens is 840 g/mol. The average Bonchev–Trinajstić information content (AvgIpc) is 4.00. The summed E-state index contributed by atoms with van der Waals surface area (Å²) >= 11 is 0. The van der Waals surface area contributed by atoms with Gasteiger partial charge < -0.3 is 18.0 Å². The Balaban J connectivity index is 0.00000150. The molecule has 8 aromatic carbocycles. The third kappa shape index (κ3) is 5.29. The second kappa shape index (κ2) is 13.9. The van der Waals surface area contributed by atoms with Crippen molar-refractivity contribution in [3.63, 3.8) is 0 Å². The summed E-state index contributed by atoms with van der Waals surface area (Å²) in [6.45, 7) is 0. The molecule has 12 rings (SSSR count). The van der Waals surface area contributed by atoms with Crippen LogP contribution in [0.2, 0.25) is 0 Å². The molecule has 6 nitrogen and oxygen atoms in total. The zero-order valence-corrected chi connectivity index (χ0v) is 32.4. The maximum atomic E-state index is 10.4. The largest absolute Gasteiger partial charge is 0.455 e. The van der Waals surface area contributed by atoms with Crippen LogP contribution in [0, 0.1) is 22.7 Å². The van der Waals surface area contributed by atoms with Crippen LogP contribution in [-0.4, -0.2) is 9.13 Å². The van der Waals surface area contributed by atoms with Gasteiger partial charge in [-0.25, -0.2) is 0 Å². The zero-order chi connectivity index (χ0) is 37.1. The van der Waals surface area contributed by atoms with E-state index in [2.05, 4.69) is 94.1 Å². The van der Waals surface area contributed by atoms with E-state index in [1.165, 1.54) is 0 Å². The van der Waals surface area contributed by atoms with E-state index >= 15 is 0 Å². The van der Waals surface area contributed by atoms with Crippen molar-refractivity contribution in [2.24, 2.45) is 0 Å². The van der Waals surface area contributed by atoms with Crippen molar-refractivity contribution in [1.29, 1.82) is 10.5 Å². The van der Waals surface area contributed by atoms with E-state index in [1.54, 1.807) is 0 Å². The summed E-state index contributed by atoms with van der Waals surface area (Å²) in [5, 5.41) is 29.3. The van der Waals surface area contributed by atoms with Gasteiger partial charge in [-0.1, -0.05) is 87.6 Å². The Morgan fingerprint density at radius 1 is 0.390 bits per heavy atom. The van der Waals surface area contributed by atoms with Gasteiger partial charge in [0, 0.05) is 43.7 Å². The van der Waals surface area contributed by atoms with Crippen LogP contribution in [0.3, 0.4) is 0 Å². The van der Waals surface area contributed by atoms with Gasteiger partial charge in [0.2, 0.25) is 0 Å². The lowest BCUT2D eigenvalue weighted by Crippen LogP contribution is -1.98. The lowest BCUT2D eigenvalue weighted by atomic mass is 9.99. The van der Waals surface area contributed by atoms with E-state index in [4.69, 9.17) is 8.83 Å². The molecule has 0 saturated carbocycles. The highest BCUT2D eigenvalue weighted by Crippen LogP contribution is 2.43. The number of para-hydroxylation sites is 4. The Bertz CT molecular complexity index is 3510. The van der Waals surface area contributed by atoms with Crippen LogP contribution < -0.4 is 0 Å². The second-order valence-electron chi connectivity index (χ2n) is 14.3. The average molecular weight is 875 g/mol. The predicted octanol–water partition coefficient (Wildman–Crippen LogP) is 15.0. The van der Waals surface area contributed by atoms with Crippen molar-refractivity contribution < 1.29 is 8.83 Å². The summed E-state index contributed by atoms with van der Waals surface area (Å²) in [6, 6.07) is 58.2. The summed E-state index contributed by atoms with van der Waals surface area (Å²) in [5.74, 6) is 0. The van der Waals surface area contributed by atoms with E-state index in [9.17, 15) is 10.5 Å². The van der Waals surface area contributed by atoms with Gasteiger partial charge in [0.15, 0.2) is 0 Å². The Morgan fingerprint density at radius 2 is 0.780 bits per heavy atom. The Labute approximate surface area is 356 Å². The first-order valence-corrected chi connectivity index (χ1v) is 18.5. The van der Waals surface area contributed by atoms with Gasteiger partial charge in [0.25, 0.3) is 0 Å². The van der Waals surface area contributed by atoms with E-state index < -0.39 is 0 Å². The molecule has 0 aliphatic heterocycles. The van der Waals surface area contributed by atoms with Crippen molar-refractivity contribution >= 4 is 111 Å². The fourth-order valence-electron chi connectivity index (χ4n) is 8.97. The number of nitrogens with zero attached hydrogens (tertiary/aromatic N) is 4. The van der Waals surface area contributed by atoms with Gasteiger partial charge >= 0.3 is 0 Å². The molecule has 4 aromatic heterocycles. The van der Waals surface area contributed by atoms with E-state index in [-0.39, 0.29) is 38.8 Å². The van der Waals surface area contributed by atoms with Gasteiger partial charge in [-0.3, -0.25) is 0 Å². The third-order valence-corrected chi connectivity index (χ3v) is 11.3. The highest BCUT2D eigenvalue weighted by molar-refractivity contribution is 14.0. The topological polar surface area (TPSA) is 83.7 Å². The SMILES string of the molecule is C.C.I.N#Cc1cc(-c2cc(C#N)cc(-n3c4ccccc4c4c5oc6ccccc6c5ccc43)c2)cc(-n2c3ccccc3c3c4oc5ccccc5c4ccc32)c1. The first-order chi connectivity index (χ1) is 27.7. The molecule has 59 heavy (non-hydrogen) atoms. The lowest BCUT2D eigenvalue weighted by molar-refractivity contribution is 0.672. The number of aromatic nitrogens is 2. The normalized spacial score (nSPS) is 11.3. The van der Waals surface area contributed by atoms with Crippen LogP contribution in [0.1, 0.15) is 26.0 Å². The minimum absolute atomic E-state index is 0. The highest BCUT2D eigenvalue weighted by Gasteiger charge is 2.21. The molecule has 0 unspecified atom stereocenters. The van der Waals surface area contributed by atoms with Crippen LogP contribution in [0.25, 0.3) is 110 Å².